The fourth-order valence-electron chi connectivity index (χ4n) is 2.89. The number of para-hydroxylation sites is 1. The number of aliphatic hydroxyl groups is 1. The number of nitrogens with one attached hydrogen (secondary N) is 1. The topological polar surface area (TPSA) is 48.4 Å². The molecule has 1 fully saturated rings. The smallest absolute Gasteiger partial charge is 0.132 e. The maximum atomic E-state index is 9.58. The quantitative estimate of drug-likeness (QED) is 0.856. The summed E-state index contributed by atoms with van der Waals surface area (Å²) in [6, 6.07) is 10.6. The highest BCUT2D eigenvalue weighted by atomic mass is 16.3. The van der Waals surface area contributed by atoms with Crippen LogP contribution in [-0.4, -0.2) is 41.7 Å². The number of aromatic nitrogens is 1. The molecule has 0 radical (unpaired) electrons. The number of hydrogen-bond donors (Lipinski definition) is 2. The number of benzene rings is 1. The lowest BCUT2D eigenvalue weighted by molar-refractivity contribution is 0.274. The monoisotopic (exact) mass is 285 g/mol. The van der Waals surface area contributed by atoms with Crippen molar-refractivity contribution in [3.63, 3.8) is 0 Å². The van der Waals surface area contributed by atoms with Crippen molar-refractivity contribution < 1.29 is 5.11 Å². The fraction of sp³-hybridized carbons (Fsp3) is 0.471. The lowest BCUT2D eigenvalue weighted by Crippen LogP contribution is -2.36. The molecule has 1 heterocycles. The Kier molecular flexibility index (Phi) is 4.08. The van der Waals surface area contributed by atoms with Crippen molar-refractivity contribution in [2.75, 3.05) is 26.0 Å². The summed E-state index contributed by atoms with van der Waals surface area (Å²) in [5.41, 5.74) is 1.83. The molecule has 0 bridgehead atoms. The lowest BCUT2D eigenvalue weighted by Gasteiger charge is -2.25. The van der Waals surface area contributed by atoms with Gasteiger partial charge in [0.25, 0.3) is 0 Å². The van der Waals surface area contributed by atoms with E-state index in [2.05, 4.69) is 29.3 Å². The second-order valence-electron chi connectivity index (χ2n) is 6.10. The molecule has 1 aromatic carbocycles. The van der Waals surface area contributed by atoms with E-state index < -0.39 is 0 Å². The number of fused-ring (bicyclic) bond motifs is 1. The van der Waals surface area contributed by atoms with E-state index in [4.69, 9.17) is 0 Å². The molecular formula is C17H23N3O. The van der Waals surface area contributed by atoms with Crippen molar-refractivity contribution in [2.24, 2.45) is 5.92 Å². The molecule has 4 heteroatoms. The summed E-state index contributed by atoms with van der Waals surface area (Å²) in [4.78, 5) is 6.95. The van der Waals surface area contributed by atoms with Gasteiger partial charge in [-0.05, 0) is 45.0 Å². The number of pyridine rings is 1. The van der Waals surface area contributed by atoms with Crippen molar-refractivity contribution in [3.8, 4) is 0 Å². The maximum absolute atomic E-state index is 9.58. The average Bonchev–Trinajstić information content (AvgIpc) is 3.31. The Morgan fingerprint density at radius 1 is 1.33 bits per heavy atom. The van der Waals surface area contributed by atoms with Crippen LogP contribution in [0, 0.1) is 5.92 Å². The molecule has 1 unspecified atom stereocenters. The van der Waals surface area contributed by atoms with Crippen LogP contribution in [0.2, 0.25) is 0 Å². The van der Waals surface area contributed by atoms with Gasteiger partial charge in [-0.1, -0.05) is 18.2 Å². The molecule has 1 aliphatic carbocycles. The van der Waals surface area contributed by atoms with E-state index in [1.807, 2.05) is 30.3 Å². The normalized spacial score (nSPS) is 16.4. The molecule has 112 valence electrons. The van der Waals surface area contributed by atoms with Gasteiger partial charge in [0.1, 0.15) is 5.82 Å². The van der Waals surface area contributed by atoms with Crippen LogP contribution in [-0.2, 0) is 6.61 Å². The highest BCUT2D eigenvalue weighted by Gasteiger charge is 2.32. The van der Waals surface area contributed by atoms with E-state index in [0.717, 1.165) is 34.7 Å². The van der Waals surface area contributed by atoms with Gasteiger partial charge in [-0.3, -0.25) is 0 Å². The minimum absolute atomic E-state index is 0.0101. The Labute approximate surface area is 125 Å². The van der Waals surface area contributed by atoms with E-state index >= 15 is 0 Å². The van der Waals surface area contributed by atoms with Crippen LogP contribution >= 0.6 is 0 Å². The minimum Gasteiger partial charge on any atom is -0.392 e. The van der Waals surface area contributed by atoms with Gasteiger partial charge < -0.3 is 15.3 Å². The first-order valence-electron chi connectivity index (χ1n) is 7.59. The van der Waals surface area contributed by atoms with Gasteiger partial charge in [0, 0.05) is 23.5 Å². The molecule has 1 aromatic heterocycles. The molecule has 4 nitrogen and oxygen atoms in total. The predicted octanol–water partition coefficient (Wildman–Crippen LogP) is 2.48. The number of nitrogens with zero attached hydrogens (tertiary/aromatic N) is 2. The molecule has 0 saturated heterocycles. The van der Waals surface area contributed by atoms with Crippen LogP contribution in [0.5, 0.6) is 0 Å². The third kappa shape index (κ3) is 3.17. The van der Waals surface area contributed by atoms with Gasteiger partial charge in [0.15, 0.2) is 0 Å². The molecule has 0 amide bonds. The Hall–Kier alpha value is -1.65. The van der Waals surface area contributed by atoms with Crippen LogP contribution in [0.4, 0.5) is 5.82 Å². The van der Waals surface area contributed by atoms with Gasteiger partial charge in [0.05, 0.1) is 12.1 Å². The molecule has 2 aromatic rings. The van der Waals surface area contributed by atoms with Crippen LogP contribution in [0.1, 0.15) is 18.4 Å². The highest BCUT2D eigenvalue weighted by Crippen LogP contribution is 2.34. The van der Waals surface area contributed by atoms with Crippen molar-refractivity contribution in [3.05, 3.63) is 35.9 Å². The summed E-state index contributed by atoms with van der Waals surface area (Å²) in [5, 5.41) is 14.1. The summed E-state index contributed by atoms with van der Waals surface area (Å²) >= 11 is 0. The third-order valence-corrected chi connectivity index (χ3v) is 4.28. The van der Waals surface area contributed by atoms with Crippen LogP contribution < -0.4 is 5.32 Å². The van der Waals surface area contributed by atoms with Crippen LogP contribution in [0.25, 0.3) is 10.9 Å². The zero-order valence-electron chi connectivity index (χ0n) is 12.7. The van der Waals surface area contributed by atoms with Gasteiger partial charge in [-0.15, -0.1) is 0 Å². The van der Waals surface area contributed by atoms with E-state index in [-0.39, 0.29) is 6.61 Å². The van der Waals surface area contributed by atoms with Crippen molar-refractivity contribution in [2.45, 2.75) is 25.5 Å². The molecule has 1 atom stereocenters. The van der Waals surface area contributed by atoms with Crippen LogP contribution in [0.3, 0.4) is 0 Å². The predicted molar refractivity (Wildman–Crippen MR) is 86.4 cm³/mol. The summed E-state index contributed by atoms with van der Waals surface area (Å²) in [5.74, 6) is 1.61. The molecular weight excluding hydrogens is 262 g/mol. The van der Waals surface area contributed by atoms with E-state index in [1.165, 1.54) is 12.8 Å². The van der Waals surface area contributed by atoms with Gasteiger partial charge >= 0.3 is 0 Å². The van der Waals surface area contributed by atoms with Crippen molar-refractivity contribution in [1.82, 2.24) is 9.88 Å². The van der Waals surface area contributed by atoms with Crippen molar-refractivity contribution in [1.29, 1.82) is 0 Å². The second kappa shape index (κ2) is 6.00. The number of aliphatic hydroxyl groups excluding tert-OH is 1. The SMILES string of the molecule is CN(C)C(CNc1nc2ccccc2cc1CO)C1CC1. The second-order valence-corrected chi connectivity index (χ2v) is 6.10. The molecule has 0 aliphatic heterocycles. The zero-order chi connectivity index (χ0) is 14.8. The standard InChI is InChI=1S/C17H23N3O/c1-20(2)16(12-7-8-12)10-18-17-14(11-21)9-13-5-3-4-6-15(13)19-17/h3-6,9,12,16,21H,7-8,10-11H2,1-2H3,(H,18,19). The highest BCUT2D eigenvalue weighted by molar-refractivity contribution is 5.81. The third-order valence-electron chi connectivity index (χ3n) is 4.28. The molecule has 2 N–H and O–H groups in total. The molecule has 3 rings (SSSR count). The molecule has 0 spiro atoms. The maximum Gasteiger partial charge on any atom is 0.132 e. The Morgan fingerprint density at radius 2 is 2.10 bits per heavy atom. The number of likely N-dealkylation sites (N-methyl/N-ethyl adjacent to an activating group) is 1. The zero-order valence-corrected chi connectivity index (χ0v) is 12.7. The first kappa shape index (κ1) is 14.3. The number of anilines is 1. The minimum atomic E-state index is 0.0101. The fourth-order valence-corrected chi connectivity index (χ4v) is 2.89. The van der Waals surface area contributed by atoms with Gasteiger partial charge in [-0.2, -0.15) is 0 Å². The van der Waals surface area contributed by atoms with Gasteiger partial charge in [0.2, 0.25) is 0 Å². The van der Waals surface area contributed by atoms with Crippen LogP contribution in [0.15, 0.2) is 30.3 Å². The first-order chi connectivity index (χ1) is 10.2. The Morgan fingerprint density at radius 3 is 2.76 bits per heavy atom. The summed E-state index contributed by atoms with van der Waals surface area (Å²) in [6.07, 6.45) is 2.64. The van der Waals surface area contributed by atoms with E-state index in [1.54, 1.807) is 0 Å². The Balaban J connectivity index is 1.81. The number of hydrogen-bond acceptors (Lipinski definition) is 4. The Bertz CT molecular complexity index is 620. The largest absolute Gasteiger partial charge is 0.392 e. The van der Waals surface area contributed by atoms with Gasteiger partial charge in [-0.25, -0.2) is 4.98 Å². The molecule has 1 saturated carbocycles. The average molecular weight is 285 g/mol. The van der Waals surface area contributed by atoms with E-state index in [0.29, 0.717) is 6.04 Å². The molecule has 1 aliphatic rings. The number of rotatable bonds is 6. The molecule has 21 heavy (non-hydrogen) atoms. The lowest BCUT2D eigenvalue weighted by atomic mass is 10.1. The summed E-state index contributed by atoms with van der Waals surface area (Å²) < 4.78 is 0. The summed E-state index contributed by atoms with van der Waals surface area (Å²) in [6.45, 7) is 0.881. The summed E-state index contributed by atoms with van der Waals surface area (Å²) in [7, 11) is 4.26. The first-order valence-corrected chi connectivity index (χ1v) is 7.59. The van der Waals surface area contributed by atoms with Crippen molar-refractivity contribution >= 4 is 16.7 Å². The van der Waals surface area contributed by atoms with E-state index in [9.17, 15) is 5.11 Å².